The van der Waals surface area contributed by atoms with Crippen molar-refractivity contribution in [2.75, 3.05) is 13.2 Å². The van der Waals surface area contributed by atoms with Crippen molar-refractivity contribution >= 4 is 11.4 Å². The maximum absolute atomic E-state index is 11.9. The van der Waals surface area contributed by atoms with Crippen LogP contribution in [0, 0.1) is 0 Å². The quantitative estimate of drug-likeness (QED) is 0.762. The van der Waals surface area contributed by atoms with Gasteiger partial charge in [0.05, 0.1) is 12.6 Å². The van der Waals surface area contributed by atoms with Crippen molar-refractivity contribution < 1.29 is 9.29 Å². The summed E-state index contributed by atoms with van der Waals surface area (Å²) < 4.78 is 20.5. The molecule has 1 aliphatic heterocycles. The van der Waals surface area contributed by atoms with Crippen molar-refractivity contribution in [2.45, 2.75) is 37.5 Å². The highest BCUT2D eigenvalue weighted by Crippen LogP contribution is 2.17. The molecule has 16 heavy (non-hydrogen) atoms. The number of ether oxygens (including phenoxy) is 1. The Balaban J connectivity index is 1.71. The standard InChI is InChI=1S/C12H19NO2S/c1-10-4-6-12(7-5-10)16(14)13-9-11-3-2-8-15-11/h4-6,11-13H,2-3,7-9H2,1H3. The zero-order chi connectivity index (χ0) is 11.4. The molecule has 0 saturated carbocycles. The van der Waals surface area contributed by atoms with Crippen molar-refractivity contribution in [1.29, 1.82) is 0 Å². The maximum atomic E-state index is 11.9. The van der Waals surface area contributed by atoms with Gasteiger partial charge in [-0.3, -0.25) is 0 Å². The Bertz CT molecular complexity index is 285. The molecule has 0 aromatic carbocycles. The summed E-state index contributed by atoms with van der Waals surface area (Å²) in [6, 6.07) is 0. The Labute approximate surface area is 100 Å². The molecule has 0 radical (unpaired) electrons. The Morgan fingerprint density at radius 1 is 1.62 bits per heavy atom. The first-order valence-electron chi connectivity index (χ1n) is 5.86. The topological polar surface area (TPSA) is 44.3 Å². The first-order chi connectivity index (χ1) is 7.75. The molecule has 0 aromatic heterocycles. The van der Waals surface area contributed by atoms with E-state index < -0.39 is 11.4 Å². The molecule has 3 atom stereocenters. The average Bonchev–Trinajstić information content (AvgIpc) is 2.80. The van der Waals surface area contributed by atoms with Gasteiger partial charge in [0.15, 0.2) is 5.25 Å². The van der Waals surface area contributed by atoms with Crippen LogP contribution in [0.25, 0.3) is 0 Å². The van der Waals surface area contributed by atoms with Crippen LogP contribution in [-0.2, 0) is 16.1 Å². The smallest absolute Gasteiger partial charge is 0.157 e. The Kier molecular flexibility index (Phi) is 4.46. The van der Waals surface area contributed by atoms with Gasteiger partial charge in [0, 0.05) is 24.4 Å². The first-order valence-corrected chi connectivity index (χ1v) is 7.07. The second-order valence-corrected chi connectivity index (χ2v) is 5.85. The zero-order valence-corrected chi connectivity index (χ0v) is 10.5. The largest absolute Gasteiger partial charge is 0.598 e. The zero-order valence-electron chi connectivity index (χ0n) is 9.65. The van der Waals surface area contributed by atoms with Gasteiger partial charge in [0.2, 0.25) is 0 Å². The molecule has 90 valence electrons. The van der Waals surface area contributed by atoms with Crippen LogP contribution >= 0.6 is 0 Å². The third-order valence-corrected chi connectivity index (χ3v) is 4.35. The minimum Gasteiger partial charge on any atom is -0.598 e. The number of nitrogens with one attached hydrogen (secondary N) is 1. The number of hydrogen-bond acceptors (Lipinski definition) is 3. The van der Waals surface area contributed by atoms with E-state index >= 15 is 0 Å². The normalized spacial score (nSPS) is 31.5. The minimum atomic E-state index is -0.979. The molecule has 4 heteroatoms. The van der Waals surface area contributed by atoms with Crippen LogP contribution in [0.1, 0.15) is 26.2 Å². The third kappa shape index (κ3) is 3.35. The fourth-order valence-electron chi connectivity index (χ4n) is 1.95. The lowest BCUT2D eigenvalue weighted by atomic mass is 10.1. The first kappa shape index (κ1) is 12.2. The van der Waals surface area contributed by atoms with E-state index in [1.54, 1.807) is 0 Å². The van der Waals surface area contributed by atoms with E-state index in [1.165, 1.54) is 5.57 Å². The van der Waals surface area contributed by atoms with Gasteiger partial charge in [-0.2, -0.15) is 0 Å². The molecule has 2 aliphatic rings. The van der Waals surface area contributed by atoms with Crippen LogP contribution in [0.5, 0.6) is 0 Å². The van der Waals surface area contributed by atoms with Crippen LogP contribution in [0.2, 0.25) is 0 Å². The van der Waals surface area contributed by atoms with Crippen LogP contribution in [-0.4, -0.2) is 29.1 Å². The van der Waals surface area contributed by atoms with E-state index in [4.69, 9.17) is 4.74 Å². The second kappa shape index (κ2) is 5.87. The lowest BCUT2D eigenvalue weighted by molar-refractivity contribution is 0.114. The van der Waals surface area contributed by atoms with Crippen LogP contribution in [0.4, 0.5) is 0 Å². The molecule has 0 spiro atoms. The molecule has 0 amide bonds. The maximum Gasteiger partial charge on any atom is 0.157 e. The summed E-state index contributed by atoms with van der Waals surface area (Å²) in [4.78, 5) is 0. The summed E-state index contributed by atoms with van der Waals surface area (Å²) in [6.45, 7) is 3.62. The van der Waals surface area contributed by atoms with Crippen molar-refractivity contribution in [3.8, 4) is 0 Å². The van der Waals surface area contributed by atoms with Crippen molar-refractivity contribution in [2.24, 2.45) is 0 Å². The number of allylic oxidation sites excluding steroid dienone is 3. The van der Waals surface area contributed by atoms with E-state index in [9.17, 15) is 4.55 Å². The summed E-state index contributed by atoms with van der Waals surface area (Å²) in [5.74, 6) is 0. The van der Waals surface area contributed by atoms with Gasteiger partial charge in [-0.15, -0.1) is 4.72 Å². The molecule has 1 heterocycles. The van der Waals surface area contributed by atoms with Gasteiger partial charge in [-0.05, 0) is 25.8 Å². The predicted molar refractivity (Wildman–Crippen MR) is 66.4 cm³/mol. The van der Waals surface area contributed by atoms with E-state index in [0.717, 1.165) is 25.9 Å². The summed E-state index contributed by atoms with van der Waals surface area (Å²) in [5, 5.41) is 0.116. The van der Waals surface area contributed by atoms with Gasteiger partial charge in [-0.1, -0.05) is 17.7 Å². The van der Waals surface area contributed by atoms with Gasteiger partial charge in [-0.25, -0.2) is 0 Å². The monoisotopic (exact) mass is 241 g/mol. The lowest BCUT2D eigenvalue weighted by Crippen LogP contribution is -2.38. The lowest BCUT2D eigenvalue weighted by Gasteiger charge is -2.21. The van der Waals surface area contributed by atoms with Crippen LogP contribution in [0.3, 0.4) is 0 Å². The summed E-state index contributed by atoms with van der Waals surface area (Å²) in [5.41, 5.74) is 1.26. The van der Waals surface area contributed by atoms with Crippen molar-refractivity contribution in [1.82, 2.24) is 4.72 Å². The molecule has 3 unspecified atom stereocenters. The molecular weight excluding hydrogens is 222 g/mol. The Morgan fingerprint density at radius 2 is 2.50 bits per heavy atom. The Morgan fingerprint density at radius 3 is 3.12 bits per heavy atom. The van der Waals surface area contributed by atoms with Gasteiger partial charge in [0.1, 0.15) is 0 Å². The van der Waals surface area contributed by atoms with E-state index in [1.807, 2.05) is 12.2 Å². The molecule has 2 rings (SSSR count). The minimum absolute atomic E-state index is 0.116. The van der Waals surface area contributed by atoms with E-state index in [-0.39, 0.29) is 11.4 Å². The van der Waals surface area contributed by atoms with E-state index in [2.05, 4.69) is 17.7 Å². The molecule has 1 N–H and O–H groups in total. The molecule has 0 aromatic rings. The number of rotatable bonds is 4. The molecule has 1 saturated heterocycles. The fourth-order valence-corrected chi connectivity index (χ4v) is 3.01. The molecule has 0 bridgehead atoms. The van der Waals surface area contributed by atoms with Crippen molar-refractivity contribution in [3.05, 3.63) is 23.8 Å². The summed E-state index contributed by atoms with van der Waals surface area (Å²) >= 11 is -0.979. The van der Waals surface area contributed by atoms with Gasteiger partial charge in [0.25, 0.3) is 0 Å². The highest BCUT2D eigenvalue weighted by Gasteiger charge is 2.23. The predicted octanol–water partition coefficient (Wildman–Crippen LogP) is 1.69. The SMILES string of the molecule is CC1=CCC([S+]([O-])NCC2CCCO2)C=C1. The van der Waals surface area contributed by atoms with E-state index in [0.29, 0.717) is 6.54 Å². The van der Waals surface area contributed by atoms with Crippen LogP contribution < -0.4 is 4.72 Å². The molecule has 1 aliphatic carbocycles. The van der Waals surface area contributed by atoms with Gasteiger partial charge < -0.3 is 9.29 Å². The summed E-state index contributed by atoms with van der Waals surface area (Å²) in [7, 11) is 0. The molecule has 1 fully saturated rings. The molecule has 3 nitrogen and oxygen atoms in total. The Hall–Kier alpha value is -0.290. The van der Waals surface area contributed by atoms with Crippen LogP contribution in [0.15, 0.2) is 23.8 Å². The molecular formula is C12H19NO2S. The number of hydrogen-bond donors (Lipinski definition) is 1. The third-order valence-electron chi connectivity index (χ3n) is 3.00. The van der Waals surface area contributed by atoms with Crippen molar-refractivity contribution in [3.63, 3.8) is 0 Å². The second-order valence-electron chi connectivity index (χ2n) is 4.36. The average molecular weight is 241 g/mol. The fraction of sp³-hybridized carbons (Fsp3) is 0.667. The van der Waals surface area contributed by atoms with Gasteiger partial charge >= 0.3 is 0 Å². The highest BCUT2D eigenvalue weighted by molar-refractivity contribution is 7.90. The highest BCUT2D eigenvalue weighted by atomic mass is 32.2. The summed E-state index contributed by atoms with van der Waals surface area (Å²) in [6.07, 6.45) is 9.56.